The number of halogens is 3. The Balaban J connectivity index is 2.61. The molecule has 0 unspecified atom stereocenters. The summed E-state index contributed by atoms with van der Waals surface area (Å²) in [5.41, 5.74) is -2.58. The van der Waals surface area contributed by atoms with Crippen LogP contribution in [0.25, 0.3) is 0 Å². The fourth-order valence-electron chi connectivity index (χ4n) is 1.51. The van der Waals surface area contributed by atoms with Crippen molar-refractivity contribution < 1.29 is 13.2 Å². The molecule has 5 heteroatoms. The van der Waals surface area contributed by atoms with Gasteiger partial charge in [-0.25, -0.2) is 0 Å². The van der Waals surface area contributed by atoms with Gasteiger partial charge in [0, 0.05) is 18.0 Å². The number of aliphatic imine (C=N–C) groups is 2. The molecule has 87 valence electrons. The third-order valence-electron chi connectivity index (χ3n) is 2.32. The van der Waals surface area contributed by atoms with Gasteiger partial charge in [-0.1, -0.05) is 24.3 Å². The SMILES string of the molecule is FC(F)(F)C1(c2cc[c]cc2)N=CC=CC=N1. The number of benzene rings is 1. The van der Waals surface area contributed by atoms with Gasteiger partial charge >= 0.3 is 6.18 Å². The average molecular weight is 237 g/mol. The highest BCUT2D eigenvalue weighted by molar-refractivity contribution is 5.83. The van der Waals surface area contributed by atoms with Gasteiger partial charge in [0.25, 0.3) is 5.66 Å². The van der Waals surface area contributed by atoms with Crippen LogP contribution in [0.2, 0.25) is 0 Å². The summed E-state index contributed by atoms with van der Waals surface area (Å²) in [6.07, 6.45) is 0.444. The Morgan fingerprint density at radius 1 is 1.00 bits per heavy atom. The van der Waals surface area contributed by atoms with Crippen molar-refractivity contribution in [3.05, 3.63) is 48.0 Å². The van der Waals surface area contributed by atoms with Crippen molar-refractivity contribution in [3.8, 4) is 0 Å². The standard InChI is InChI=1S/C12H8F3N2/c13-12(14,15)11(10-6-2-1-3-7-10)16-8-4-5-9-17-11/h2-9H. The number of nitrogens with zero attached hydrogens (tertiary/aromatic N) is 2. The molecular formula is C12H8F3N2. The van der Waals surface area contributed by atoms with Crippen molar-refractivity contribution in [2.75, 3.05) is 0 Å². The molecule has 1 aromatic rings. The molecule has 0 aromatic heterocycles. The first-order valence-corrected chi connectivity index (χ1v) is 4.85. The van der Waals surface area contributed by atoms with Crippen LogP contribution < -0.4 is 0 Å². The molecule has 0 saturated heterocycles. The van der Waals surface area contributed by atoms with Crippen molar-refractivity contribution in [1.29, 1.82) is 0 Å². The van der Waals surface area contributed by atoms with E-state index in [0.717, 1.165) is 12.4 Å². The van der Waals surface area contributed by atoms with Gasteiger partial charge in [-0.05, 0) is 18.2 Å². The van der Waals surface area contributed by atoms with E-state index in [0.29, 0.717) is 0 Å². The smallest absolute Gasteiger partial charge is 0.250 e. The monoisotopic (exact) mass is 237 g/mol. The average Bonchev–Trinajstić information content (AvgIpc) is 2.55. The van der Waals surface area contributed by atoms with Crippen molar-refractivity contribution in [3.63, 3.8) is 0 Å². The van der Waals surface area contributed by atoms with Crippen LogP contribution in [-0.2, 0) is 5.66 Å². The largest absolute Gasteiger partial charge is 0.438 e. The minimum atomic E-state index is -4.59. The number of rotatable bonds is 1. The number of hydrogen-bond acceptors (Lipinski definition) is 2. The van der Waals surface area contributed by atoms with Crippen molar-refractivity contribution in [2.45, 2.75) is 11.8 Å². The lowest BCUT2D eigenvalue weighted by molar-refractivity contribution is -0.185. The predicted molar refractivity (Wildman–Crippen MR) is 59.1 cm³/mol. The zero-order chi connectivity index (χ0) is 12.4. The molecule has 2 rings (SSSR count). The zero-order valence-corrected chi connectivity index (χ0v) is 8.65. The fourth-order valence-corrected chi connectivity index (χ4v) is 1.51. The minimum Gasteiger partial charge on any atom is -0.250 e. The second-order valence-corrected chi connectivity index (χ2v) is 3.40. The first kappa shape index (κ1) is 11.6. The summed E-state index contributed by atoms with van der Waals surface area (Å²) in [5.74, 6) is 0. The van der Waals surface area contributed by atoms with E-state index in [4.69, 9.17) is 0 Å². The van der Waals surface area contributed by atoms with E-state index >= 15 is 0 Å². The zero-order valence-electron chi connectivity index (χ0n) is 8.65. The van der Waals surface area contributed by atoms with Gasteiger partial charge in [-0.3, -0.25) is 9.98 Å². The van der Waals surface area contributed by atoms with Crippen LogP contribution in [0.15, 0.2) is 46.4 Å². The van der Waals surface area contributed by atoms with E-state index in [1.54, 1.807) is 0 Å². The summed E-state index contributed by atoms with van der Waals surface area (Å²) < 4.78 is 39.6. The van der Waals surface area contributed by atoms with Crippen LogP contribution in [-0.4, -0.2) is 18.6 Å². The lowest BCUT2D eigenvalue weighted by atomic mass is 10.00. The van der Waals surface area contributed by atoms with E-state index < -0.39 is 11.8 Å². The molecule has 0 atom stereocenters. The maximum absolute atomic E-state index is 13.2. The first-order valence-electron chi connectivity index (χ1n) is 4.85. The minimum absolute atomic E-state index is 0.0278. The van der Waals surface area contributed by atoms with Crippen LogP contribution in [0, 0.1) is 6.07 Å². The van der Waals surface area contributed by atoms with E-state index in [9.17, 15) is 13.2 Å². The molecule has 0 fully saturated rings. The van der Waals surface area contributed by atoms with Crippen molar-refractivity contribution in [1.82, 2.24) is 0 Å². The number of allylic oxidation sites excluding steroid dienone is 2. The first-order chi connectivity index (χ1) is 8.06. The Morgan fingerprint density at radius 2 is 1.53 bits per heavy atom. The Bertz CT molecular complexity index is 456. The van der Waals surface area contributed by atoms with Gasteiger partial charge in [0.05, 0.1) is 0 Å². The lowest BCUT2D eigenvalue weighted by Gasteiger charge is -2.27. The van der Waals surface area contributed by atoms with Gasteiger partial charge in [-0.15, -0.1) is 0 Å². The maximum atomic E-state index is 13.2. The van der Waals surface area contributed by atoms with Crippen LogP contribution in [0.1, 0.15) is 5.56 Å². The van der Waals surface area contributed by atoms with Crippen LogP contribution in [0.5, 0.6) is 0 Å². The van der Waals surface area contributed by atoms with Crippen molar-refractivity contribution >= 4 is 12.4 Å². The molecule has 1 radical (unpaired) electrons. The van der Waals surface area contributed by atoms with Crippen LogP contribution >= 0.6 is 0 Å². The summed E-state index contributed by atoms with van der Waals surface area (Å²) >= 11 is 0. The molecule has 0 amide bonds. The van der Waals surface area contributed by atoms with Crippen LogP contribution in [0.3, 0.4) is 0 Å². The third-order valence-corrected chi connectivity index (χ3v) is 2.32. The molecule has 1 aliphatic heterocycles. The van der Waals surface area contributed by atoms with E-state index in [1.807, 2.05) is 0 Å². The summed E-state index contributed by atoms with van der Waals surface area (Å²) in [4.78, 5) is 7.10. The van der Waals surface area contributed by atoms with E-state index in [-0.39, 0.29) is 5.56 Å². The Labute approximate surface area is 96.2 Å². The Kier molecular flexibility index (Phi) is 2.83. The molecule has 0 saturated carbocycles. The molecular weight excluding hydrogens is 229 g/mol. The van der Waals surface area contributed by atoms with Gasteiger partial charge in [0.2, 0.25) is 0 Å². The highest BCUT2D eigenvalue weighted by Crippen LogP contribution is 2.43. The molecule has 1 aromatic carbocycles. The molecule has 0 aliphatic carbocycles. The molecule has 0 N–H and O–H groups in total. The topological polar surface area (TPSA) is 24.7 Å². The Morgan fingerprint density at radius 3 is 2.00 bits per heavy atom. The molecule has 0 spiro atoms. The summed E-state index contributed by atoms with van der Waals surface area (Å²) in [7, 11) is 0. The molecule has 17 heavy (non-hydrogen) atoms. The summed E-state index contributed by atoms with van der Waals surface area (Å²) in [5, 5.41) is 0. The van der Waals surface area contributed by atoms with Gasteiger partial charge < -0.3 is 0 Å². The van der Waals surface area contributed by atoms with Gasteiger partial charge in [0.15, 0.2) is 0 Å². The fraction of sp³-hybridized carbons (Fsp3) is 0.167. The van der Waals surface area contributed by atoms with E-state index in [2.05, 4.69) is 16.1 Å². The molecule has 1 heterocycles. The quantitative estimate of drug-likeness (QED) is 0.717. The van der Waals surface area contributed by atoms with Crippen molar-refractivity contribution in [2.24, 2.45) is 9.98 Å². The second-order valence-electron chi connectivity index (χ2n) is 3.40. The van der Waals surface area contributed by atoms with E-state index in [1.165, 1.54) is 36.4 Å². The van der Waals surface area contributed by atoms with Crippen LogP contribution in [0.4, 0.5) is 13.2 Å². The highest BCUT2D eigenvalue weighted by Gasteiger charge is 2.56. The number of alkyl halides is 3. The van der Waals surface area contributed by atoms with Gasteiger partial charge in [-0.2, -0.15) is 13.2 Å². The maximum Gasteiger partial charge on any atom is 0.438 e. The molecule has 2 nitrogen and oxygen atoms in total. The lowest BCUT2D eigenvalue weighted by Crippen LogP contribution is -2.39. The van der Waals surface area contributed by atoms with Gasteiger partial charge in [0.1, 0.15) is 0 Å². The second kappa shape index (κ2) is 4.16. The number of hydrogen-bond donors (Lipinski definition) is 0. The third kappa shape index (κ3) is 2.00. The molecule has 0 bridgehead atoms. The summed E-state index contributed by atoms with van der Waals surface area (Å²) in [6, 6.07) is 8.11. The Hall–Kier alpha value is -1.91. The highest BCUT2D eigenvalue weighted by atomic mass is 19.4. The molecule has 1 aliphatic rings. The normalized spacial score (nSPS) is 18.1. The predicted octanol–water partition coefficient (Wildman–Crippen LogP) is 2.91. The summed E-state index contributed by atoms with van der Waals surface area (Å²) in [6.45, 7) is 0.